The maximum absolute atomic E-state index is 11.6. The Bertz CT molecular complexity index is 274. The lowest BCUT2D eigenvalue weighted by Gasteiger charge is -2.12. The van der Waals surface area contributed by atoms with Crippen molar-refractivity contribution in [1.82, 2.24) is 16.0 Å². The molecule has 2 aliphatic rings. The molecule has 0 bridgehead atoms. The molecule has 3 N–H and O–H groups in total. The number of rotatable bonds is 4. The Balaban J connectivity index is 1.61. The van der Waals surface area contributed by atoms with Crippen LogP contribution in [-0.2, 0) is 9.59 Å². The zero-order chi connectivity index (χ0) is 11.4. The average Bonchev–Trinajstić information content (AvgIpc) is 2.89. The van der Waals surface area contributed by atoms with Crippen LogP contribution in [0.4, 0.5) is 0 Å². The summed E-state index contributed by atoms with van der Waals surface area (Å²) in [6, 6.07) is 0.559. The van der Waals surface area contributed by atoms with E-state index in [1.165, 1.54) is 12.8 Å². The molecule has 0 radical (unpaired) electrons. The first-order valence-electron chi connectivity index (χ1n) is 6.03. The fraction of sp³-hybridized carbons (Fsp3) is 0.818. The number of nitrogens with one attached hydrogen (secondary N) is 3. The minimum absolute atomic E-state index is 0.0105. The summed E-state index contributed by atoms with van der Waals surface area (Å²) in [6.45, 7) is 2.30. The average molecular weight is 225 g/mol. The van der Waals surface area contributed by atoms with Gasteiger partial charge in [0.1, 0.15) is 0 Å². The molecule has 1 unspecified atom stereocenters. The van der Waals surface area contributed by atoms with Crippen molar-refractivity contribution in [1.29, 1.82) is 0 Å². The first-order valence-corrected chi connectivity index (χ1v) is 6.03. The molecule has 0 aromatic heterocycles. The van der Waals surface area contributed by atoms with Crippen LogP contribution >= 0.6 is 0 Å². The standard InChI is InChI=1S/C11H19N3O2/c15-10-6-8(7-14-10)11(16)13-5-3-9-2-1-4-12-9/h8-9,12H,1-7H2,(H,13,16)(H,14,15)/t8?,9-/m0/s1. The zero-order valence-electron chi connectivity index (χ0n) is 9.42. The fourth-order valence-electron chi connectivity index (χ4n) is 2.31. The fourth-order valence-corrected chi connectivity index (χ4v) is 2.31. The molecule has 2 fully saturated rings. The van der Waals surface area contributed by atoms with Crippen LogP contribution in [0.1, 0.15) is 25.7 Å². The Morgan fingerprint density at radius 3 is 3.00 bits per heavy atom. The molecule has 2 rings (SSSR count). The van der Waals surface area contributed by atoms with E-state index in [0.717, 1.165) is 13.0 Å². The Labute approximate surface area is 95.3 Å². The highest BCUT2D eigenvalue weighted by molar-refractivity contribution is 5.89. The molecular weight excluding hydrogens is 206 g/mol. The summed E-state index contributed by atoms with van der Waals surface area (Å²) in [7, 11) is 0. The first-order chi connectivity index (χ1) is 7.75. The molecule has 2 aliphatic heterocycles. The molecule has 2 saturated heterocycles. The van der Waals surface area contributed by atoms with E-state index in [2.05, 4.69) is 16.0 Å². The van der Waals surface area contributed by atoms with Crippen LogP contribution in [0.3, 0.4) is 0 Å². The van der Waals surface area contributed by atoms with Gasteiger partial charge >= 0.3 is 0 Å². The van der Waals surface area contributed by atoms with E-state index in [1.54, 1.807) is 0 Å². The van der Waals surface area contributed by atoms with Gasteiger partial charge < -0.3 is 16.0 Å². The third kappa shape index (κ3) is 2.95. The number of hydrogen-bond donors (Lipinski definition) is 3. The number of carbonyl (C=O) groups is 2. The van der Waals surface area contributed by atoms with Crippen LogP contribution in [0.25, 0.3) is 0 Å². The topological polar surface area (TPSA) is 70.2 Å². The van der Waals surface area contributed by atoms with Crippen molar-refractivity contribution in [3.8, 4) is 0 Å². The van der Waals surface area contributed by atoms with Crippen molar-refractivity contribution in [3.05, 3.63) is 0 Å². The Morgan fingerprint density at radius 2 is 2.38 bits per heavy atom. The second-order valence-electron chi connectivity index (χ2n) is 4.58. The number of carbonyl (C=O) groups excluding carboxylic acids is 2. The van der Waals surface area contributed by atoms with E-state index in [-0.39, 0.29) is 17.7 Å². The highest BCUT2D eigenvalue weighted by Crippen LogP contribution is 2.10. The monoisotopic (exact) mass is 225 g/mol. The maximum atomic E-state index is 11.6. The molecule has 90 valence electrons. The van der Waals surface area contributed by atoms with Gasteiger partial charge in [-0.15, -0.1) is 0 Å². The van der Waals surface area contributed by atoms with Crippen molar-refractivity contribution in [2.24, 2.45) is 5.92 Å². The molecule has 0 saturated carbocycles. The van der Waals surface area contributed by atoms with E-state index in [0.29, 0.717) is 25.6 Å². The second kappa shape index (κ2) is 5.30. The predicted octanol–water partition coefficient (Wildman–Crippen LogP) is -0.619. The maximum Gasteiger partial charge on any atom is 0.225 e. The smallest absolute Gasteiger partial charge is 0.225 e. The van der Waals surface area contributed by atoms with E-state index in [1.807, 2.05) is 0 Å². The van der Waals surface area contributed by atoms with Gasteiger partial charge in [-0.25, -0.2) is 0 Å². The highest BCUT2D eigenvalue weighted by atomic mass is 16.2. The lowest BCUT2D eigenvalue weighted by Crippen LogP contribution is -2.35. The summed E-state index contributed by atoms with van der Waals surface area (Å²) < 4.78 is 0. The van der Waals surface area contributed by atoms with Gasteiger partial charge in [-0.3, -0.25) is 9.59 Å². The van der Waals surface area contributed by atoms with E-state index >= 15 is 0 Å². The molecule has 2 atom stereocenters. The van der Waals surface area contributed by atoms with Gasteiger partial charge in [0.05, 0.1) is 5.92 Å². The first kappa shape index (κ1) is 11.4. The zero-order valence-corrected chi connectivity index (χ0v) is 9.42. The third-order valence-electron chi connectivity index (χ3n) is 3.30. The van der Waals surface area contributed by atoms with Crippen molar-refractivity contribution >= 4 is 11.8 Å². The van der Waals surface area contributed by atoms with Crippen molar-refractivity contribution in [3.63, 3.8) is 0 Å². The number of hydrogen-bond acceptors (Lipinski definition) is 3. The summed E-state index contributed by atoms with van der Waals surface area (Å²) in [4.78, 5) is 22.6. The van der Waals surface area contributed by atoms with Crippen molar-refractivity contribution in [2.75, 3.05) is 19.6 Å². The summed E-state index contributed by atoms with van der Waals surface area (Å²) in [5, 5.41) is 8.96. The van der Waals surface area contributed by atoms with Gasteiger partial charge in [-0.1, -0.05) is 0 Å². The molecular formula is C11H19N3O2. The number of amides is 2. The molecule has 2 heterocycles. The molecule has 0 aromatic rings. The molecule has 0 spiro atoms. The van der Waals surface area contributed by atoms with Crippen LogP contribution in [0.2, 0.25) is 0 Å². The van der Waals surface area contributed by atoms with Gasteiger partial charge in [-0.2, -0.15) is 0 Å². The Hall–Kier alpha value is -1.10. The summed E-state index contributed by atoms with van der Waals surface area (Å²) in [6.07, 6.45) is 3.77. The normalized spacial score (nSPS) is 29.1. The van der Waals surface area contributed by atoms with E-state index < -0.39 is 0 Å². The van der Waals surface area contributed by atoms with Crippen molar-refractivity contribution < 1.29 is 9.59 Å². The minimum atomic E-state index is -0.163. The van der Waals surface area contributed by atoms with Gasteiger partial charge in [0.25, 0.3) is 0 Å². The van der Waals surface area contributed by atoms with Crippen LogP contribution in [-0.4, -0.2) is 37.5 Å². The Kier molecular flexibility index (Phi) is 3.77. The third-order valence-corrected chi connectivity index (χ3v) is 3.30. The van der Waals surface area contributed by atoms with Crippen LogP contribution < -0.4 is 16.0 Å². The molecule has 0 aromatic carbocycles. The lowest BCUT2D eigenvalue weighted by molar-refractivity contribution is -0.126. The second-order valence-corrected chi connectivity index (χ2v) is 4.58. The molecule has 5 nitrogen and oxygen atoms in total. The quantitative estimate of drug-likeness (QED) is 0.597. The molecule has 2 amide bonds. The summed E-state index contributed by atoms with van der Waals surface area (Å²) in [5.41, 5.74) is 0. The van der Waals surface area contributed by atoms with Crippen LogP contribution in [0.5, 0.6) is 0 Å². The van der Waals surface area contributed by atoms with Gasteiger partial charge in [0.2, 0.25) is 11.8 Å². The van der Waals surface area contributed by atoms with Gasteiger partial charge in [-0.05, 0) is 25.8 Å². The van der Waals surface area contributed by atoms with E-state index in [9.17, 15) is 9.59 Å². The van der Waals surface area contributed by atoms with Crippen LogP contribution in [0, 0.1) is 5.92 Å². The summed E-state index contributed by atoms with van der Waals surface area (Å²) in [5.74, 6) is -0.169. The predicted molar refractivity (Wildman–Crippen MR) is 59.8 cm³/mol. The summed E-state index contributed by atoms with van der Waals surface area (Å²) >= 11 is 0. The van der Waals surface area contributed by atoms with Crippen LogP contribution in [0.15, 0.2) is 0 Å². The minimum Gasteiger partial charge on any atom is -0.356 e. The van der Waals surface area contributed by atoms with E-state index in [4.69, 9.17) is 0 Å². The molecule has 5 heteroatoms. The SMILES string of the molecule is O=C1CC(C(=O)NCC[C@@H]2CCCN2)CN1. The van der Waals surface area contributed by atoms with Crippen molar-refractivity contribution in [2.45, 2.75) is 31.7 Å². The van der Waals surface area contributed by atoms with Gasteiger partial charge in [0, 0.05) is 25.6 Å². The van der Waals surface area contributed by atoms with Gasteiger partial charge in [0.15, 0.2) is 0 Å². The lowest BCUT2D eigenvalue weighted by atomic mass is 10.1. The Morgan fingerprint density at radius 1 is 1.50 bits per heavy atom. The molecule has 16 heavy (non-hydrogen) atoms. The highest BCUT2D eigenvalue weighted by Gasteiger charge is 2.27. The largest absolute Gasteiger partial charge is 0.356 e. The molecule has 0 aliphatic carbocycles.